The second-order valence-electron chi connectivity index (χ2n) is 4.10. The zero-order valence-electron chi connectivity index (χ0n) is 8.70. The molecule has 2 aromatic rings. The fourth-order valence-electron chi connectivity index (χ4n) is 2.28. The highest BCUT2D eigenvalue weighted by Gasteiger charge is 2.19. The Morgan fingerprint density at radius 2 is 2.33 bits per heavy atom. The zero-order chi connectivity index (χ0) is 10.3. The molecule has 0 radical (unpaired) electrons. The largest absolute Gasteiger partial charge is 0.346 e. The SMILES string of the molecule is CC1CCC=C1c1ncnc2[nH]ccc12. The number of hydrogen-bond acceptors (Lipinski definition) is 2. The van der Waals surface area contributed by atoms with Crippen LogP contribution in [0.2, 0.25) is 0 Å². The van der Waals surface area contributed by atoms with Crippen LogP contribution in [0.4, 0.5) is 0 Å². The predicted molar refractivity (Wildman–Crippen MR) is 60.3 cm³/mol. The third-order valence-electron chi connectivity index (χ3n) is 3.12. The van der Waals surface area contributed by atoms with E-state index in [0.717, 1.165) is 16.7 Å². The molecule has 0 amide bonds. The average molecular weight is 199 g/mol. The number of nitrogens with one attached hydrogen (secondary N) is 1. The number of fused-ring (bicyclic) bond motifs is 1. The molecule has 0 spiro atoms. The van der Waals surface area contributed by atoms with E-state index in [1.54, 1.807) is 6.33 Å². The zero-order valence-corrected chi connectivity index (χ0v) is 8.70. The summed E-state index contributed by atoms with van der Waals surface area (Å²) in [5.74, 6) is 0.623. The normalized spacial score (nSPS) is 20.9. The molecule has 3 nitrogen and oxygen atoms in total. The quantitative estimate of drug-likeness (QED) is 0.767. The Balaban J connectivity index is 2.22. The summed E-state index contributed by atoms with van der Waals surface area (Å²) >= 11 is 0. The Morgan fingerprint density at radius 3 is 3.13 bits per heavy atom. The molecule has 1 aliphatic carbocycles. The average Bonchev–Trinajstić information content (AvgIpc) is 2.85. The van der Waals surface area contributed by atoms with E-state index in [1.807, 2.05) is 6.20 Å². The van der Waals surface area contributed by atoms with E-state index >= 15 is 0 Å². The molecule has 3 rings (SSSR count). The molecule has 0 aliphatic heterocycles. The summed E-state index contributed by atoms with van der Waals surface area (Å²) in [6.07, 6.45) is 8.28. The molecule has 0 saturated heterocycles. The Labute approximate surface area is 88.3 Å². The van der Waals surface area contributed by atoms with Gasteiger partial charge in [-0.2, -0.15) is 0 Å². The Bertz CT molecular complexity index is 524. The Kier molecular flexibility index (Phi) is 1.84. The summed E-state index contributed by atoms with van der Waals surface area (Å²) in [5.41, 5.74) is 3.41. The maximum Gasteiger partial charge on any atom is 0.141 e. The van der Waals surface area contributed by atoms with Crippen molar-refractivity contribution in [2.45, 2.75) is 19.8 Å². The van der Waals surface area contributed by atoms with Crippen LogP contribution in [0.5, 0.6) is 0 Å². The smallest absolute Gasteiger partial charge is 0.141 e. The summed E-state index contributed by atoms with van der Waals surface area (Å²) in [6, 6.07) is 2.05. The minimum atomic E-state index is 0.623. The first-order chi connectivity index (χ1) is 7.36. The number of nitrogens with zero attached hydrogens (tertiary/aromatic N) is 2. The lowest BCUT2D eigenvalue weighted by Crippen LogP contribution is -1.96. The number of allylic oxidation sites excluding steroid dienone is 2. The van der Waals surface area contributed by atoms with Gasteiger partial charge in [0.2, 0.25) is 0 Å². The highest BCUT2D eigenvalue weighted by atomic mass is 14.9. The van der Waals surface area contributed by atoms with Gasteiger partial charge in [0, 0.05) is 11.6 Å². The van der Waals surface area contributed by atoms with Crippen molar-refractivity contribution in [2.24, 2.45) is 5.92 Å². The highest BCUT2D eigenvalue weighted by molar-refractivity contribution is 5.88. The molecular weight excluding hydrogens is 186 g/mol. The first-order valence-corrected chi connectivity index (χ1v) is 5.35. The molecule has 0 aromatic carbocycles. The van der Waals surface area contributed by atoms with Crippen molar-refractivity contribution in [3.8, 4) is 0 Å². The van der Waals surface area contributed by atoms with Gasteiger partial charge in [-0.05, 0) is 30.4 Å². The lowest BCUT2D eigenvalue weighted by atomic mass is 9.99. The molecule has 0 bridgehead atoms. The van der Waals surface area contributed by atoms with Gasteiger partial charge in [-0.1, -0.05) is 13.0 Å². The maximum atomic E-state index is 4.41. The van der Waals surface area contributed by atoms with Gasteiger partial charge < -0.3 is 4.98 Å². The molecule has 1 atom stereocenters. The monoisotopic (exact) mass is 199 g/mol. The van der Waals surface area contributed by atoms with Crippen molar-refractivity contribution in [1.29, 1.82) is 0 Å². The van der Waals surface area contributed by atoms with E-state index in [9.17, 15) is 0 Å². The van der Waals surface area contributed by atoms with Gasteiger partial charge >= 0.3 is 0 Å². The minimum absolute atomic E-state index is 0.623. The van der Waals surface area contributed by atoms with Crippen molar-refractivity contribution in [1.82, 2.24) is 15.0 Å². The molecule has 1 N–H and O–H groups in total. The molecule has 76 valence electrons. The lowest BCUT2D eigenvalue weighted by Gasteiger charge is -2.08. The van der Waals surface area contributed by atoms with Gasteiger partial charge in [0.25, 0.3) is 0 Å². The third kappa shape index (κ3) is 1.27. The van der Waals surface area contributed by atoms with Crippen LogP contribution in [0, 0.1) is 5.92 Å². The first-order valence-electron chi connectivity index (χ1n) is 5.35. The molecule has 1 aliphatic rings. The lowest BCUT2D eigenvalue weighted by molar-refractivity contribution is 0.713. The van der Waals surface area contributed by atoms with Gasteiger partial charge in [-0.25, -0.2) is 9.97 Å². The van der Waals surface area contributed by atoms with Crippen molar-refractivity contribution >= 4 is 16.6 Å². The number of aromatic amines is 1. The molecular formula is C12H13N3. The molecule has 15 heavy (non-hydrogen) atoms. The standard InChI is InChI=1S/C12H13N3/c1-8-3-2-4-9(8)11-10-5-6-13-12(10)15-7-14-11/h4-8H,2-3H2,1H3,(H,13,14,15). The van der Waals surface area contributed by atoms with Crippen LogP contribution in [0.1, 0.15) is 25.5 Å². The van der Waals surface area contributed by atoms with E-state index in [2.05, 4.69) is 34.0 Å². The predicted octanol–water partition coefficient (Wildman–Crippen LogP) is 2.77. The number of hydrogen-bond donors (Lipinski definition) is 1. The Morgan fingerprint density at radius 1 is 1.40 bits per heavy atom. The minimum Gasteiger partial charge on any atom is -0.346 e. The molecule has 0 fully saturated rings. The van der Waals surface area contributed by atoms with Crippen LogP contribution in [0.15, 0.2) is 24.7 Å². The molecule has 2 aromatic heterocycles. The Hall–Kier alpha value is -1.64. The van der Waals surface area contributed by atoms with E-state index < -0.39 is 0 Å². The summed E-state index contributed by atoms with van der Waals surface area (Å²) in [5, 5.41) is 1.14. The van der Waals surface area contributed by atoms with E-state index in [0.29, 0.717) is 5.92 Å². The van der Waals surface area contributed by atoms with Gasteiger partial charge in [0.1, 0.15) is 12.0 Å². The summed E-state index contributed by atoms with van der Waals surface area (Å²) < 4.78 is 0. The van der Waals surface area contributed by atoms with Crippen LogP contribution >= 0.6 is 0 Å². The number of aromatic nitrogens is 3. The van der Waals surface area contributed by atoms with Crippen molar-refractivity contribution in [2.75, 3.05) is 0 Å². The second kappa shape index (κ2) is 3.19. The summed E-state index contributed by atoms with van der Waals surface area (Å²) in [7, 11) is 0. The van der Waals surface area contributed by atoms with Crippen molar-refractivity contribution < 1.29 is 0 Å². The molecule has 1 unspecified atom stereocenters. The van der Waals surface area contributed by atoms with Crippen LogP contribution in [0.25, 0.3) is 16.6 Å². The van der Waals surface area contributed by atoms with Gasteiger partial charge in [-0.3, -0.25) is 0 Å². The van der Waals surface area contributed by atoms with Gasteiger partial charge in [-0.15, -0.1) is 0 Å². The van der Waals surface area contributed by atoms with E-state index in [-0.39, 0.29) is 0 Å². The fraction of sp³-hybridized carbons (Fsp3) is 0.333. The first kappa shape index (κ1) is 8.65. The highest BCUT2D eigenvalue weighted by Crippen LogP contribution is 2.34. The van der Waals surface area contributed by atoms with Crippen LogP contribution in [0.3, 0.4) is 0 Å². The number of rotatable bonds is 1. The summed E-state index contributed by atoms with van der Waals surface area (Å²) in [6.45, 7) is 2.26. The number of H-pyrrole nitrogens is 1. The van der Waals surface area contributed by atoms with E-state index in [4.69, 9.17) is 0 Å². The molecule has 2 heterocycles. The van der Waals surface area contributed by atoms with Crippen LogP contribution in [-0.2, 0) is 0 Å². The van der Waals surface area contributed by atoms with E-state index in [1.165, 1.54) is 18.4 Å². The van der Waals surface area contributed by atoms with Gasteiger partial charge in [0.15, 0.2) is 0 Å². The maximum absolute atomic E-state index is 4.41. The van der Waals surface area contributed by atoms with Crippen LogP contribution in [-0.4, -0.2) is 15.0 Å². The topological polar surface area (TPSA) is 41.6 Å². The van der Waals surface area contributed by atoms with Crippen molar-refractivity contribution in [3.63, 3.8) is 0 Å². The molecule has 0 saturated carbocycles. The molecule has 3 heteroatoms. The second-order valence-corrected chi connectivity index (χ2v) is 4.10. The third-order valence-corrected chi connectivity index (χ3v) is 3.12. The fourth-order valence-corrected chi connectivity index (χ4v) is 2.28. The van der Waals surface area contributed by atoms with Crippen LogP contribution < -0.4 is 0 Å². The van der Waals surface area contributed by atoms with Crippen molar-refractivity contribution in [3.05, 3.63) is 30.4 Å². The summed E-state index contributed by atoms with van der Waals surface area (Å²) in [4.78, 5) is 11.7. The van der Waals surface area contributed by atoms with Gasteiger partial charge in [0.05, 0.1) is 5.69 Å².